The average molecular weight is 350 g/mol. The molecule has 1 aliphatic rings. The highest BCUT2D eigenvalue weighted by atomic mass is 32.2. The Kier molecular flexibility index (Phi) is 6.69. The van der Waals surface area contributed by atoms with Crippen molar-refractivity contribution in [3.05, 3.63) is 29.8 Å². The Morgan fingerprint density at radius 3 is 2.71 bits per heavy atom. The molecule has 0 unspecified atom stereocenters. The molecule has 1 aliphatic heterocycles. The van der Waals surface area contributed by atoms with Gasteiger partial charge in [0.2, 0.25) is 5.91 Å². The normalized spacial score (nSPS) is 17.5. The smallest absolute Gasteiger partial charge is 0.252 e. The average Bonchev–Trinajstić information content (AvgIpc) is 3.02. The highest BCUT2D eigenvalue weighted by Gasteiger charge is 2.19. The van der Waals surface area contributed by atoms with Crippen molar-refractivity contribution in [1.82, 2.24) is 10.6 Å². The van der Waals surface area contributed by atoms with Crippen LogP contribution in [0.2, 0.25) is 0 Å². The van der Waals surface area contributed by atoms with Gasteiger partial charge in [0, 0.05) is 22.8 Å². The van der Waals surface area contributed by atoms with E-state index in [0.717, 1.165) is 30.1 Å². The fourth-order valence-electron chi connectivity index (χ4n) is 2.46. The maximum atomic E-state index is 12.4. The van der Waals surface area contributed by atoms with Crippen LogP contribution in [0.3, 0.4) is 0 Å². The lowest BCUT2D eigenvalue weighted by molar-refractivity contribution is -0.121. The molecule has 6 heteroatoms. The molecule has 0 spiro atoms. The number of rotatable bonds is 6. The van der Waals surface area contributed by atoms with Crippen molar-refractivity contribution in [1.29, 1.82) is 0 Å². The summed E-state index contributed by atoms with van der Waals surface area (Å²) in [6.07, 6.45) is 2.45. The number of amides is 2. The highest BCUT2D eigenvalue weighted by Crippen LogP contribution is 2.26. The minimum atomic E-state index is -0.309. The minimum absolute atomic E-state index is 0.0269. The maximum Gasteiger partial charge on any atom is 0.252 e. The van der Waals surface area contributed by atoms with Gasteiger partial charge in [-0.1, -0.05) is 12.1 Å². The Balaban J connectivity index is 1.90. The van der Waals surface area contributed by atoms with Crippen molar-refractivity contribution in [2.24, 2.45) is 0 Å². The third-order valence-corrected chi connectivity index (χ3v) is 4.71. The van der Waals surface area contributed by atoms with E-state index < -0.39 is 0 Å². The van der Waals surface area contributed by atoms with Gasteiger partial charge in [-0.2, -0.15) is 0 Å². The largest absolute Gasteiger partial charge is 0.377 e. The molecule has 0 bridgehead atoms. The second-order valence-electron chi connectivity index (χ2n) is 6.92. The Hall–Kier alpha value is -1.53. The number of carbonyl (C=O) groups excluding carboxylic acids is 2. The molecule has 2 amide bonds. The summed E-state index contributed by atoms with van der Waals surface area (Å²) in [6, 6.07) is 7.47. The maximum absolute atomic E-state index is 12.4. The fourth-order valence-corrected chi connectivity index (χ4v) is 3.58. The molecular weight excluding hydrogens is 324 g/mol. The van der Waals surface area contributed by atoms with Crippen LogP contribution in [0.1, 0.15) is 44.0 Å². The Labute approximate surface area is 147 Å². The third-order valence-electron chi connectivity index (χ3n) is 3.50. The van der Waals surface area contributed by atoms with E-state index in [1.165, 1.54) is 0 Å². The van der Waals surface area contributed by atoms with Crippen LogP contribution in [0.25, 0.3) is 0 Å². The summed E-state index contributed by atoms with van der Waals surface area (Å²) >= 11 is 1.63. The van der Waals surface area contributed by atoms with Gasteiger partial charge in [-0.3, -0.25) is 9.59 Å². The number of thioether (sulfide) groups is 1. The number of benzene rings is 1. The topological polar surface area (TPSA) is 67.4 Å². The van der Waals surface area contributed by atoms with E-state index in [2.05, 4.69) is 10.6 Å². The molecule has 1 atom stereocenters. The lowest BCUT2D eigenvalue weighted by Gasteiger charge is -2.20. The zero-order chi connectivity index (χ0) is 17.6. The molecule has 1 aromatic rings. The van der Waals surface area contributed by atoms with Crippen LogP contribution >= 0.6 is 11.8 Å². The zero-order valence-corrected chi connectivity index (χ0v) is 15.4. The molecule has 1 aromatic carbocycles. The van der Waals surface area contributed by atoms with Crippen LogP contribution in [0, 0.1) is 0 Å². The molecule has 0 radical (unpaired) electrons. The van der Waals surface area contributed by atoms with Gasteiger partial charge in [-0.25, -0.2) is 0 Å². The van der Waals surface area contributed by atoms with E-state index in [1.807, 2.05) is 39.0 Å². The van der Waals surface area contributed by atoms with E-state index in [1.54, 1.807) is 17.8 Å². The molecule has 1 saturated heterocycles. The lowest BCUT2D eigenvalue weighted by atomic mass is 10.1. The van der Waals surface area contributed by atoms with E-state index in [9.17, 15) is 9.59 Å². The minimum Gasteiger partial charge on any atom is -0.377 e. The Bertz CT molecular complexity index is 578. The number of carbonyl (C=O) groups is 2. The van der Waals surface area contributed by atoms with Gasteiger partial charge >= 0.3 is 0 Å². The third kappa shape index (κ3) is 6.17. The van der Waals surface area contributed by atoms with Crippen molar-refractivity contribution in [2.75, 3.05) is 18.9 Å². The Morgan fingerprint density at radius 2 is 2.04 bits per heavy atom. The number of hydrogen-bond donors (Lipinski definition) is 2. The molecule has 2 rings (SSSR count). The van der Waals surface area contributed by atoms with Gasteiger partial charge in [0.1, 0.15) is 0 Å². The number of nitrogens with one attached hydrogen (secondary N) is 2. The highest BCUT2D eigenvalue weighted by molar-refractivity contribution is 7.99. The van der Waals surface area contributed by atoms with Crippen molar-refractivity contribution in [3.8, 4) is 0 Å². The summed E-state index contributed by atoms with van der Waals surface area (Å²) in [5.74, 6) is 0.421. The first-order valence-corrected chi connectivity index (χ1v) is 9.26. The van der Waals surface area contributed by atoms with Crippen LogP contribution in [0.15, 0.2) is 29.2 Å². The van der Waals surface area contributed by atoms with E-state index >= 15 is 0 Å². The van der Waals surface area contributed by atoms with Crippen LogP contribution in [0.5, 0.6) is 0 Å². The molecule has 0 aliphatic carbocycles. The molecule has 0 saturated carbocycles. The summed E-state index contributed by atoms with van der Waals surface area (Å²) in [6.45, 7) is 6.52. The first-order valence-electron chi connectivity index (χ1n) is 8.28. The summed E-state index contributed by atoms with van der Waals surface area (Å²) in [4.78, 5) is 25.1. The van der Waals surface area contributed by atoms with Crippen molar-refractivity contribution in [2.45, 2.75) is 50.2 Å². The molecule has 1 heterocycles. The monoisotopic (exact) mass is 350 g/mol. The lowest BCUT2D eigenvalue weighted by Crippen LogP contribution is -2.45. The zero-order valence-electron chi connectivity index (χ0n) is 14.6. The van der Waals surface area contributed by atoms with Gasteiger partial charge in [0.05, 0.1) is 18.2 Å². The SMILES string of the molecule is CC(C)(C)NC(=O)CNC(=O)c1ccccc1SC[C@@H]1CCCO1. The van der Waals surface area contributed by atoms with E-state index in [-0.39, 0.29) is 30.0 Å². The molecule has 0 aromatic heterocycles. The van der Waals surface area contributed by atoms with Gasteiger partial charge in [0.25, 0.3) is 5.91 Å². The quantitative estimate of drug-likeness (QED) is 0.774. The van der Waals surface area contributed by atoms with Crippen molar-refractivity contribution < 1.29 is 14.3 Å². The molecule has 24 heavy (non-hydrogen) atoms. The molecule has 2 N–H and O–H groups in total. The fraction of sp³-hybridized carbons (Fsp3) is 0.556. The predicted octanol–water partition coefficient (Wildman–Crippen LogP) is 2.60. The summed E-state index contributed by atoms with van der Waals surface area (Å²) < 4.78 is 5.63. The second-order valence-corrected chi connectivity index (χ2v) is 7.98. The molecule has 132 valence electrons. The number of hydrogen-bond acceptors (Lipinski definition) is 4. The second kappa shape index (κ2) is 8.53. The van der Waals surface area contributed by atoms with Gasteiger partial charge in [-0.15, -0.1) is 11.8 Å². The standard InChI is InChI=1S/C18H26N2O3S/c1-18(2,3)20-16(21)11-19-17(22)14-8-4-5-9-15(14)24-12-13-7-6-10-23-13/h4-5,8-9,13H,6-7,10-12H2,1-3H3,(H,19,22)(H,20,21)/t13-/m0/s1. The van der Waals surface area contributed by atoms with Crippen LogP contribution in [-0.4, -0.2) is 42.4 Å². The van der Waals surface area contributed by atoms with E-state index in [4.69, 9.17) is 4.74 Å². The first-order chi connectivity index (χ1) is 11.3. The molecule has 1 fully saturated rings. The van der Waals surface area contributed by atoms with Gasteiger partial charge in [-0.05, 0) is 45.7 Å². The van der Waals surface area contributed by atoms with Crippen LogP contribution in [-0.2, 0) is 9.53 Å². The van der Waals surface area contributed by atoms with Crippen LogP contribution in [0.4, 0.5) is 0 Å². The first kappa shape index (κ1) is 18.8. The van der Waals surface area contributed by atoms with Crippen molar-refractivity contribution in [3.63, 3.8) is 0 Å². The summed E-state index contributed by atoms with van der Waals surface area (Å²) in [7, 11) is 0. The van der Waals surface area contributed by atoms with Crippen molar-refractivity contribution >= 4 is 23.6 Å². The van der Waals surface area contributed by atoms with Crippen LogP contribution < -0.4 is 10.6 Å². The molecule has 5 nitrogen and oxygen atoms in total. The van der Waals surface area contributed by atoms with Gasteiger partial charge < -0.3 is 15.4 Å². The summed E-state index contributed by atoms with van der Waals surface area (Å²) in [5.41, 5.74) is 0.292. The predicted molar refractivity (Wildman–Crippen MR) is 96.4 cm³/mol. The summed E-state index contributed by atoms with van der Waals surface area (Å²) in [5, 5.41) is 5.52. The van der Waals surface area contributed by atoms with Gasteiger partial charge in [0.15, 0.2) is 0 Å². The Morgan fingerprint density at radius 1 is 1.29 bits per heavy atom. The van der Waals surface area contributed by atoms with E-state index in [0.29, 0.717) is 5.56 Å². The number of ether oxygens (including phenoxy) is 1. The molecular formula is C18H26N2O3S.